The van der Waals surface area contributed by atoms with E-state index >= 15 is 0 Å². The Morgan fingerprint density at radius 3 is 2.60 bits per heavy atom. The lowest BCUT2D eigenvalue weighted by Gasteiger charge is -2.17. The Kier molecular flexibility index (Phi) is 4.31. The summed E-state index contributed by atoms with van der Waals surface area (Å²) in [6.07, 6.45) is 4.48. The molecule has 2 aromatic carbocycles. The van der Waals surface area contributed by atoms with E-state index in [1.165, 1.54) is 5.56 Å². The maximum absolute atomic E-state index is 12.7. The van der Waals surface area contributed by atoms with Crippen LogP contribution in [-0.4, -0.2) is 28.7 Å². The summed E-state index contributed by atoms with van der Waals surface area (Å²) in [6, 6.07) is 18.1. The van der Waals surface area contributed by atoms with Crippen molar-refractivity contribution in [3.63, 3.8) is 0 Å². The molecule has 1 aliphatic rings. The normalized spacial score (nSPS) is 17.2. The van der Waals surface area contributed by atoms with Crippen LogP contribution in [0.4, 0.5) is 5.69 Å². The average molecular weight is 332 g/mol. The van der Waals surface area contributed by atoms with E-state index in [1.807, 2.05) is 53.6 Å². The fourth-order valence-electron chi connectivity index (χ4n) is 3.21. The average Bonchev–Trinajstić information content (AvgIpc) is 3.31. The minimum atomic E-state index is -0.117. The molecule has 1 aliphatic heterocycles. The monoisotopic (exact) mass is 332 g/mol. The van der Waals surface area contributed by atoms with E-state index < -0.39 is 0 Å². The number of nitrogens with zero attached hydrogens (tertiary/aromatic N) is 2. The first-order valence-corrected chi connectivity index (χ1v) is 8.49. The van der Waals surface area contributed by atoms with Crippen molar-refractivity contribution in [3.05, 3.63) is 72.6 Å². The molecule has 0 aliphatic carbocycles. The first kappa shape index (κ1) is 15.6. The highest BCUT2D eigenvalue weighted by atomic mass is 16.2. The number of hydrogen-bond acceptors (Lipinski definition) is 3. The molecule has 3 aromatic rings. The van der Waals surface area contributed by atoms with Gasteiger partial charge in [-0.15, -0.1) is 0 Å². The molecular weight excluding hydrogens is 312 g/mol. The van der Waals surface area contributed by atoms with Crippen molar-refractivity contribution in [1.82, 2.24) is 15.5 Å². The summed E-state index contributed by atoms with van der Waals surface area (Å²) in [6.45, 7) is 1.46. The zero-order valence-corrected chi connectivity index (χ0v) is 13.9. The van der Waals surface area contributed by atoms with Crippen LogP contribution in [0.1, 0.15) is 12.0 Å². The molecule has 0 radical (unpaired) electrons. The maximum Gasteiger partial charge on any atom is 0.244 e. The van der Waals surface area contributed by atoms with Gasteiger partial charge in [0.25, 0.3) is 0 Å². The molecule has 0 spiro atoms. The van der Waals surface area contributed by atoms with Crippen LogP contribution in [-0.2, 0) is 11.3 Å². The summed E-state index contributed by atoms with van der Waals surface area (Å²) >= 11 is 0. The van der Waals surface area contributed by atoms with Crippen LogP contribution in [0.25, 0.3) is 11.1 Å². The Balaban J connectivity index is 1.41. The van der Waals surface area contributed by atoms with Gasteiger partial charge in [0.05, 0.1) is 12.2 Å². The van der Waals surface area contributed by atoms with Crippen LogP contribution in [0.5, 0.6) is 0 Å². The SMILES string of the molecule is O=C1C(NCc2ccccc2)CCN1c1ccc(-c2cn[nH]c2)cc1. The largest absolute Gasteiger partial charge is 0.311 e. The zero-order valence-electron chi connectivity index (χ0n) is 13.9. The van der Waals surface area contributed by atoms with E-state index in [2.05, 4.69) is 27.6 Å². The molecule has 1 unspecified atom stereocenters. The summed E-state index contributed by atoms with van der Waals surface area (Å²) < 4.78 is 0. The van der Waals surface area contributed by atoms with Gasteiger partial charge in [-0.1, -0.05) is 42.5 Å². The molecule has 4 rings (SSSR count). The highest BCUT2D eigenvalue weighted by molar-refractivity contribution is 5.99. The van der Waals surface area contributed by atoms with E-state index in [4.69, 9.17) is 0 Å². The van der Waals surface area contributed by atoms with Gasteiger partial charge in [-0.25, -0.2) is 0 Å². The second-order valence-corrected chi connectivity index (χ2v) is 6.23. The highest BCUT2D eigenvalue weighted by Gasteiger charge is 2.31. The van der Waals surface area contributed by atoms with Gasteiger partial charge in [0, 0.05) is 30.5 Å². The zero-order chi connectivity index (χ0) is 17.1. The van der Waals surface area contributed by atoms with Crippen LogP contribution < -0.4 is 10.2 Å². The second kappa shape index (κ2) is 6.91. The molecule has 1 atom stereocenters. The molecular formula is C20H20N4O. The number of hydrogen-bond donors (Lipinski definition) is 2. The minimum Gasteiger partial charge on any atom is -0.311 e. The van der Waals surface area contributed by atoms with Gasteiger partial charge in [0.2, 0.25) is 5.91 Å². The number of aromatic nitrogens is 2. The van der Waals surface area contributed by atoms with E-state index in [0.29, 0.717) is 6.54 Å². The van der Waals surface area contributed by atoms with Crippen molar-refractivity contribution in [2.75, 3.05) is 11.4 Å². The number of rotatable bonds is 5. The molecule has 0 saturated carbocycles. The Morgan fingerprint density at radius 2 is 1.88 bits per heavy atom. The highest BCUT2D eigenvalue weighted by Crippen LogP contribution is 2.25. The van der Waals surface area contributed by atoms with E-state index in [0.717, 1.165) is 29.8 Å². The molecule has 2 N–H and O–H groups in total. The van der Waals surface area contributed by atoms with Crippen molar-refractivity contribution in [2.45, 2.75) is 19.0 Å². The second-order valence-electron chi connectivity index (χ2n) is 6.23. The molecule has 1 amide bonds. The molecule has 1 fully saturated rings. The molecule has 126 valence electrons. The van der Waals surface area contributed by atoms with Gasteiger partial charge < -0.3 is 10.2 Å². The Morgan fingerprint density at radius 1 is 1.08 bits per heavy atom. The van der Waals surface area contributed by atoms with Crippen LogP contribution in [0, 0.1) is 0 Å². The molecule has 2 heterocycles. The number of nitrogens with one attached hydrogen (secondary N) is 2. The first-order chi connectivity index (χ1) is 12.3. The quantitative estimate of drug-likeness (QED) is 0.755. The predicted molar refractivity (Wildman–Crippen MR) is 98.1 cm³/mol. The van der Waals surface area contributed by atoms with Crippen molar-refractivity contribution < 1.29 is 4.79 Å². The third-order valence-corrected chi connectivity index (χ3v) is 4.61. The van der Waals surface area contributed by atoms with Gasteiger partial charge in [-0.3, -0.25) is 9.89 Å². The third-order valence-electron chi connectivity index (χ3n) is 4.61. The third kappa shape index (κ3) is 3.32. The minimum absolute atomic E-state index is 0.117. The number of amides is 1. The summed E-state index contributed by atoms with van der Waals surface area (Å²) in [5, 5.41) is 10.2. The number of aromatic amines is 1. The summed E-state index contributed by atoms with van der Waals surface area (Å²) in [4.78, 5) is 14.6. The van der Waals surface area contributed by atoms with Gasteiger partial charge in [-0.05, 0) is 29.7 Å². The molecule has 5 nitrogen and oxygen atoms in total. The van der Waals surface area contributed by atoms with Crippen molar-refractivity contribution in [2.24, 2.45) is 0 Å². The molecule has 1 aromatic heterocycles. The number of anilines is 1. The molecule has 5 heteroatoms. The van der Waals surface area contributed by atoms with Crippen LogP contribution >= 0.6 is 0 Å². The van der Waals surface area contributed by atoms with Gasteiger partial charge >= 0.3 is 0 Å². The van der Waals surface area contributed by atoms with Crippen molar-refractivity contribution in [3.8, 4) is 11.1 Å². The lowest BCUT2D eigenvalue weighted by atomic mass is 10.1. The fourth-order valence-corrected chi connectivity index (χ4v) is 3.21. The molecule has 0 bridgehead atoms. The number of carbonyl (C=O) groups excluding carboxylic acids is 1. The van der Waals surface area contributed by atoms with E-state index in [-0.39, 0.29) is 11.9 Å². The van der Waals surface area contributed by atoms with E-state index in [1.54, 1.807) is 6.20 Å². The Labute approximate surface area is 146 Å². The number of H-pyrrole nitrogens is 1. The van der Waals surface area contributed by atoms with Crippen LogP contribution in [0.2, 0.25) is 0 Å². The summed E-state index contributed by atoms with van der Waals surface area (Å²) in [5.41, 5.74) is 4.27. The number of benzene rings is 2. The lowest BCUT2D eigenvalue weighted by Crippen LogP contribution is -2.37. The predicted octanol–water partition coefficient (Wildman–Crippen LogP) is 2.97. The van der Waals surface area contributed by atoms with Gasteiger partial charge in [0.15, 0.2) is 0 Å². The Hall–Kier alpha value is -2.92. The fraction of sp³-hybridized carbons (Fsp3) is 0.200. The van der Waals surface area contributed by atoms with Gasteiger partial charge in [0.1, 0.15) is 0 Å². The standard InChI is InChI=1S/C20H20N4O/c25-20-19(21-12-15-4-2-1-3-5-15)10-11-24(20)18-8-6-16(7-9-18)17-13-22-23-14-17/h1-9,13-14,19,21H,10-12H2,(H,22,23). The maximum atomic E-state index is 12.7. The number of carbonyl (C=O) groups is 1. The van der Waals surface area contributed by atoms with Crippen molar-refractivity contribution >= 4 is 11.6 Å². The van der Waals surface area contributed by atoms with Crippen molar-refractivity contribution in [1.29, 1.82) is 0 Å². The smallest absolute Gasteiger partial charge is 0.244 e. The van der Waals surface area contributed by atoms with Crippen LogP contribution in [0.15, 0.2) is 67.0 Å². The molecule has 1 saturated heterocycles. The van der Waals surface area contributed by atoms with Crippen LogP contribution in [0.3, 0.4) is 0 Å². The topological polar surface area (TPSA) is 61.0 Å². The molecule has 25 heavy (non-hydrogen) atoms. The summed E-state index contributed by atoms with van der Waals surface area (Å²) in [5.74, 6) is 0.145. The Bertz CT molecular complexity index is 828. The first-order valence-electron chi connectivity index (χ1n) is 8.49. The van der Waals surface area contributed by atoms with E-state index in [9.17, 15) is 4.79 Å². The summed E-state index contributed by atoms with van der Waals surface area (Å²) in [7, 11) is 0. The van der Waals surface area contributed by atoms with Gasteiger partial charge in [-0.2, -0.15) is 5.10 Å². The lowest BCUT2D eigenvalue weighted by molar-refractivity contribution is -0.118.